The van der Waals surface area contributed by atoms with Crippen LogP contribution in [0.5, 0.6) is 0 Å². The minimum atomic E-state index is -0.294. The SMILES string of the molecule is O=C(Nc1ccc2cn[nH]c2c1)C1CC(=O)N(C2CCOCC2)C1. The number of anilines is 1. The highest BCUT2D eigenvalue weighted by Crippen LogP contribution is 2.26. The van der Waals surface area contributed by atoms with Gasteiger partial charge in [-0.1, -0.05) is 0 Å². The molecule has 4 rings (SSSR count). The Kier molecular flexibility index (Phi) is 3.93. The zero-order valence-electron chi connectivity index (χ0n) is 13.3. The van der Waals surface area contributed by atoms with Crippen molar-refractivity contribution in [3.8, 4) is 0 Å². The topological polar surface area (TPSA) is 87.3 Å². The molecule has 0 aliphatic carbocycles. The van der Waals surface area contributed by atoms with Crippen molar-refractivity contribution in [3.63, 3.8) is 0 Å². The summed E-state index contributed by atoms with van der Waals surface area (Å²) in [6, 6.07) is 5.82. The highest BCUT2D eigenvalue weighted by Gasteiger charge is 2.38. The van der Waals surface area contributed by atoms with E-state index in [2.05, 4.69) is 15.5 Å². The van der Waals surface area contributed by atoms with Crippen LogP contribution >= 0.6 is 0 Å². The standard InChI is InChI=1S/C17H20N4O3/c22-16-7-12(10-21(16)14-3-5-24-6-4-14)17(23)19-13-2-1-11-9-18-20-15(11)8-13/h1-2,8-9,12,14H,3-7,10H2,(H,18,20)(H,19,23). The molecule has 1 aromatic heterocycles. The lowest BCUT2D eigenvalue weighted by Gasteiger charge is -2.31. The first-order valence-corrected chi connectivity index (χ1v) is 8.32. The molecule has 7 nitrogen and oxygen atoms in total. The summed E-state index contributed by atoms with van der Waals surface area (Å²) < 4.78 is 5.35. The highest BCUT2D eigenvalue weighted by atomic mass is 16.5. The molecule has 0 spiro atoms. The number of ether oxygens (including phenoxy) is 1. The van der Waals surface area contributed by atoms with Crippen LogP contribution in [0.25, 0.3) is 10.9 Å². The van der Waals surface area contributed by atoms with E-state index in [9.17, 15) is 9.59 Å². The van der Waals surface area contributed by atoms with Gasteiger partial charge in [0.25, 0.3) is 0 Å². The number of hydrogen-bond donors (Lipinski definition) is 2. The van der Waals surface area contributed by atoms with Crippen molar-refractivity contribution < 1.29 is 14.3 Å². The molecule has 1 aromatic carbocycles. The largest absolute Gasteiger partial charge is 0.381 e. The van der Waals surface area contributed by atoms with E-state index in [1.807, 2.05) is 23.1 Å². The summed E-state index contributed by atoms with van der Waals surface area (Å²) in [5.41, 5.74) is 1.59. The maximum atomic E-state index is 12.5. The number of nitrogens with zero attached hydrogens (tertiary/aromatic N) is 2. The second-order valence-corrected chi connectivity index (χ2v) is 6.45. The third kappa shape index (κ3) is 2.87. The number of amides is 2. The van der Waals surface area contributed by atoms with E-state index in [0.717, 1.165) is 23.7 Å². The molecule has 2 N–H and O–H groups in total. The van der Waals surface area contributed by atoms with E-state index >= 15 is 0 Å². The van der Waals surface area contributed by atoms with E-state index in [-0.39, 0.29) is 30.2 Å². The van der Waals surface area contributed by atoms with Gasteiger partial charge in [-0.05, 0) is 31.0 Å². The van der Waals surface area contributed by atoms with Crippen molar-refractivity contribution in [2.45, 2.75) is 25.3 Å². The monoisotopic (exact) mass is 328 g/mol. The van der Waals surface area contributed by atoms with Gasteiger partial charge < -0.3 is 15.0 Å². The second kappa shape index (κ2) is 6.24. The predicted molar refractivity (Wildman–Crippen MR) is 88.4 cm³/mol. The summed E-state index contributed by atoms with van der Waals surface area (Å²) in [5.74, 6) is -0.319. The number of H-pyrrole nitrogens is 1. The van der Waals surface area contributed by atoms with Gasteiger partial charge in [0.1, 0.15) is 0 Å². The Morgan fingerprint density at radius 3 is 3.00 bits per heavy atom. The molecular weight excluding hydrogens is 308 g/mol. The van der Waals surface area contributed by atoms with E-state index in [0.29, 0.717) is 25.4 Å². The Bertz CT molecular complexity index is 766. The van der Waals surface area contributed by atoms with Gasteiger partial charge in [-0.2, -0.15) is 5.10 Å². The lowest BCUT2D eigenvalue weighted by molar-refractivity contribution is -0.131. The van der Waals surface area contributed by atoms with Gasteiger partial charge in [-0.25, -0.2) is 0 Å². The molecule has 2 fully saturated rings. The number of likely N-dealkylation sites (tertiary alicyclic amines) is 1. The molecule has 1 unspecified atom stereocenters. The number of rotatable bonds is 3. The van der Waals surface area contributed by atoms with Crippen molar-refractivity contribution in [3.05, 3.63) is 24.4 Å². The van der Waals surface area contributed by atoms with Gasteiger partial charge in [0.05, 0.1) is 17.6 Å². The Labute approximate surface area is 139 Å². The molecule has 3 heterocycles. The number of aromatic nitrogens is 2. The summed E-state index contributed by atoms with van der Waals surface area (Å²) in [5, 5.41) is 10.8. The fourth-order valence-electron chi connectivity index (χ4n) is 3.52. The number of hydrogen-bond acceptors (Lipinski definition) is 4. The van der Waals surface area contributed by atoms with Gasteiger partial charge in [-0.15, -0.1) is 0 Å². The molecular formula is C17H20N4O3. The van der Waals surface area contributed by atoms with Crippen LogP contribution in [-0.2, 0) is 14.3 Å². The first-order chi connectivity index (χ1) is 11.7. The van der Waals surface area contributed by atoms with Crippen molar-refractivity contribution in [1.82, 2.24) is 15.1 Å². The van der Waals surface area contributed by atoms with Crippen LogP contribution in [0, 0.1) is 5.92 Å². The zero-order chi connectivity index (χ0) is 16.5. The molecule has 2 aliphatic rings. The van der Waals surface area contributed by atoms with Crippen LogP contribution < -0.4 is 5.32 Å². The Morgan fingerprint density at radius 1 is 1.33 bits per heavy atom. The molecule has 0 radical (unpaired) electrons. The van der Waals surface area contributed by atoms with E-state index < -0.39 is 0 Å². The predicted octanol–water partition coefficient (Wildman–Crippen LogP) is 1.53. The van der Waals surface area contributed by atoms with E-state index in [1.165, 1.54) is 0 Å². The molecule has 2 aromatic rings. The molecule has 2 aliphatic heterocycles. The minimum absolute atomic E-state index is 0.0751. The third-order valence-corrected chi connectivity index (χ3v) is 4.87. The summed E-state index contributed by atoms with van der Waals surface area (Å²) in [4.78, 5) is 26.7. The normalized spacial score (nSPS) is 22.2. The quantitative estimate of drug-likeness (QED) is 0.894. The van der Waals surface area contributed by atoms with Gasteiger partial charge in [-0.3, -0.25) is 14.7 Å². The van der Waals surface area contributed by atoms with Crippen molar-refractivity contribution in [1.29, 1.82) is 0 Å². The van der Waals surface area contributed by atoms with E-state index in [1.54, 1.807) is 6.20 Å². The summed E-state index contributed by atoms with van der Waals surface area (Å²) >= 11 is 0. The van der Waals surface area contributed by atoms with Crippen LogP contribution in [0.3, 0.4) is 0 Å². The van der Waals surface area contributed by atoms with Crippen molar-refractivity contribution in [2.75, 3.05) is 25.1 Å². The van der Waals surface area contributed by atoms with Gasteiger partial charge in [0.2, 0.25) is 11.8 Å². The smallest absolute Gasteiger partial charge is 0.229 e. The molecule has 2 saturated heterocycles. The van der Waals surface area contributed by atoms with Crippen LogP contribution in [0.4, 0.5) is 5.69 Å². The number of nitrogens with one attached hydrogen (secondary N) is 2. The van der Waals surface area contributed by atoms with Crippen LogP contribution in [-0.4, -0.2) is 52.7 Å². The molecule has 7 heteroatoms. The van der Waals surface area contributed by atoms with Crippen LogP contribution in [0.1, 0.15) is 19.3 Å². The maximum absolute atomic E-state index is 12.5. The number of aromatic amines is 1. The molecule has 1 atom stereocenters. The molecule has 0 bridgehead atoms. The average Bonchev–Trinajstić information content (AvgIpc) is 3.21. The fraction of sp³-hybridized carbons (Fsp3) is 0.471. The number of carbonyl (C=O) groups excluding carboxylic acids is 2. The summed E-state index contributed by atoms with van der Waals surface area (Å²) in [6.45, 7) is 1.88. The number of fused-ring (bicyclic) bond motifs is 1. The Balaban J connectivity index is 1.42. The first-order valence-electron chi connectivity index (χ1n) is 8.32. The lowest BCUT2D eigenvalue weighted by Crippen LogP contribution is -2.41. The lowest BCUT2D eigenvalue weighted by atomic mass is 10.1. The molecule has 24 heavy (non-hydrogen) atoms. The highest BCUT2D eigenvalue weighted by molar-refractivity contribution is 5.98. The maximum Gasteiger partial charge on any atom is 0.229 e. The van der Waals surface area contributed by atoms with Crippen molar-refractivity contribution in [2.24, 2.45) is 5.92 Å². The van der Waals surface area contributed by atoms with E-state index in [4.69, 9.17) is 4.74 Å². The minimum Gasteiger partial charge on any atom is -0.381 e. The summed E-state index contributed by atoms with van der Waals surface area (Å²) in [7, 11) is 0. The van der Waals surface area contributed by atoms with Crippen LogP contribution in [0.2, 0.25) is 0 Å². The third-order valence-electron chi connectivity index (χ3n) is 4.87. The first kappa shape index (κ1) is 15.1. The van der Waals surface area contributed by atoms with Gasteiger partial charge >= 0.3 is 0 Å². The molecule has 0 saturated carbocycles. The van der Waals surface area contributed by atoms with Gasteiger partial charge in [0.15, 0.2) is 0 Å². The van der Waals surface area contributed by atoms with Crippen LogP contribution in [0.15, 0.2) is 24.4 Å². The van der Waals surface area contributed by atoms with Crippen molar-refractivity contribution >= 4 is 28.4 Å². The average molecular weight is 328 g/mol. The zero-order valence-corrected chi connectivity index (χ0v) is 13.3. The Morgan fingerprint density at radius 2 is 2.17 bits per heavy atom. The van der Waals surface area contributed by atoms with Gasteiger partial charge in [0, 0.05) is 43.3 Å². The summed E-state index contributed by atoms with van der Waals surface area (Å²) in [6.07, 6.45) is 3.74. The molecule has 2 amide bonds. The molecule has 126 valence electrons. The fourth-order valence-corrected chi connectivity index (χ4v) is 3.52. The number of carbonyl (C=O) groups is 2. The number of benzene rings is 1. The Hall–Kier alpha value is -2.41. The second-order valence-electron chi connectivity index (χ2n) is 6.45.